The predicted octanol–water partition coefficient (Wildman–Crippen LogP) is 1.36. The molecule has 0 saturated heterocycles. The molecule has 3 atom stereocenters. The van der Waals surface area contributed by atoms with Crippen molar-refractivity contribution in [2.24, 2.45) is 11.8 Å². The van der Waals surface area contributed by atoms with Crippen LogP contribution in [0.3, 0.4) is 0 Å². The van der Waals surface area contributed by atoms with Crippen molar-refractivity contribution in [2.75, 3.05) is 6.67 Å². The average Bonchev–Trinajstić information content (AvgIpc) is 2.51. The number of carbonyl (C=O) groups excluding carboxylic acids is 1. The van der Waals surface area contributed by atoms with Gasteiger partial charge in [0.15, 0.2) is 0 Å². The molecule has 1 N–H and O–H groups in total. The van der Waals surface area contributed by atoms with Gasteiger partial charge in [0.1, 0.15) is 12.6 Å². The van der Waals surface area contributed by atoms with Crippen LogP contribution in [-0.4, -0.2) is 24.5 Å². The van der Waals surface area contributed by atoms with Crippen LogP contribution in [0, 0.1) is 11.8 Å². The summed E-state index contributed by atoms with van der Waals surface area (Å²) in [5, 5.41) is 2.18. The molecule has 1 amide bonds. The molecule has 0 aromatic heterocycles. The maximum atomic E-state index is 12.6. The highest BCUT2D eigenvalue weighted by atomic mass is 19.3. The highest BCUT2D eigenvalue weighted by molar-refractivity contribution is 5.83. The lowest BCUT2D eigenvalue weighted by molar-refractivity contribution is -0.125. The van der Waals surface area contributed by atoms with E-state index in [4.69, 9.17) is 0 Å². The fourth-order valence-electron chi connectivity index (χ4n) is 1.25. The second kappa shape index (κ2) is 3.20. The van der Waals surface area contributed by atoms with Crippen LogP contribution in [0.25, 0.3) is 0 Å². The molecule has 2 nitrogen and oxygen atoms in total. The molecule has 0 aromatic rings. The largest absolute Gasteiger partial charge is 0.351 e. The van der Waals surface area contributed by atoms with Crippen molar-refractivity contribution >= 4 is 5.91 Å². The van der Waals surface area contributed by atoms with E-state index in [0.29, 0.717) is 0 Å². The number of amides is 1. The molecule has 1 aliphatic carbocycles. The Morgan fingerprint density at radius 3 is 2.38 bits per heavy atom. The lowest BCUT2D eigenvalue weighted by Gasteiger charge is -2.08. The van der Waals surface area contributed by atoms with E-state index >= 15 is 0 Å². The molecule has 0 radical (unpaired) electrons. The van der Waals surface area contributed by atoms with Crippen LogP contribution in [0.1, 0.15) is 13.8 Å². The van der Waals surface area contributed by atoms with Crippen molar-refractivity contribution < 1.29 is 18.0 Å². The second-order valence-electron chi connectivity index (χ2n) is 3.50. The van der Waals surface area contributed by atoms with Gasteiger partial charge in [-0.25, -0.2) is 13.2 Å². The number of rotatable bonds is 3. The Labute approximate surface area is 74.5 Å². The Balaban J connectivity index is 2.43. The summed E-state index contributed by atoms with van der Waals surface area (Å²) in [5.41, 5.74) is 0. The van der Waals surface area contributed by atoms with E-state index in [9.17, 15) is 18.0 Å². The van der Waals surface area contributed by atoms with Crippen molar-refractivity contribution in [3.63, 3.8) is 0 Å². The molecule has 0 spiro atoms. The number of carbonyl (C=O) groups is 1. The molecule has 0 heterocycles. The second-order valence-corrected chi connectivity index (χ2v) is 3.50. The monoisotopic (exact) mass is 195 g/mol. The van der Waals surface area contributed by atoms with E-state index in [1.165, 1.54) is 13.8 Å². The number of halogens is 3. The molecular weight excluding hydrogens is 183 g/mol. The summed E-state index contributed by atoms with van der Waals surface area (Å²) < 4.78 is 37.2. The summed E-state index contributed by atoms with van der Waals surface area (Å²) in [6, 6.07) is -0.684. The summed E-state index contributed by atoms with van der Waals surface area (Å²) in [4.78, 5) is 11.0. The highest BCUT2D eigenvalue weighted by Crippen LogP contribution is 2.54. The first-order chi connectivity index (χ1) is 5.91. The normalized spacial score (nSPS) is 32.4. The Bertz CT molecular complexity index is 219. The zero-order chi connectivity index (χ0) is 10.2. The summed E-state index contributed by atoms with van der Waals surface area (Å²) >= 11 is 0. The van der Waals surface area contributed by atoms with Crippen LogP contribution in [-0.2, 0) is 4.79 Å². The van der Waals surface area contributed by atoms with Gasteiger partial charge in [0, 0.05) is 5.92 Å². The third kappa shape index (κ3) is 1.78. The van der Waals surface area contributed by atoms with Crippen molar-refractivity contribution in [2.45, 2.75) is 25.8 Å². The minimum absolute atomic E-state index is 0.684. The van der Waals surface area contributed by atoms with Gasteiger partial charge >= 0.3 is 0 Å². The lowest BCUT2D eigenvalue weighted by atomic mass is 10.3. The first kappa shape index (κ1) is 10.3. The predicted molar refractivity (Wildman–Crippen MR) is 41.2 cm³/mol. The zero-order valence-corrected chi connectivity index (χ0v) is 7.48. The summed E-state index contributed by atoms with van der Waals surface area (Å²) in [7, 11) is 0. The summed E-state index contributed by atoms with van der Waals surface area (Å²) in [5.74, 6) is -5.83. The number of alkyl halides is 3. The SMILES string of the molecule is CC(CF)NC(=O)C1C(C)C1(F)F. The van der Waals surface area contributed by atoms with Crippen molar-refractivity contribution in [1.82, 2.24) is 5.32 Å². The van der Waals surface area contributed by atoms with Crippen LogP contribution in [0.5, 0.6) is 0 Å². The molecule has 1 aliphatic rings. The summed E-state index contributed by atoms with van der Waals surface area (Å²) in [6.07, 6.45) is 0. The van der Waals surface area contributed by atoms with E-state index in [1.54, 1.807) is 0 Å². The maximum absolute atomic E-state index is 12.6. The van der Waals surface area contributed by atoms with E-state index in [0.717, 1.165) is 0 Å². The average molecular weight is 195 g/mol. The van der Waals surface area contributed by atoms with Gasteiger partial charge < -0.3 is 5.32 Å². The smallest absolute Gasteiger partial charge is 0.263 e. The van der Waals surface area contributed by atoms with Crippen LogP contribution in [0.15, 0.2) is 0 Å². The fraction of sp³-hybridized carbons (Fsp3) is 0.875. The van der Waals surface area contributed by atoms with Crippen molar-refractivity contribution in [1.29, 1.82) is 0 Å². The van der Waals surface area contributed by atoms with Gasteiger partial charge in [-0.1, -0.05) is 6.92 Å². The number of nitrogens with one attached hydrogen (secondary N) is 1. The van der Waals surface area contributed by atoms with Crippen LogP contribution in [0.2, 0.25) is 0 Å². The van der Waals surface area contributed by atoms with Crippen LogP contribution >= 0.6 is 0 Å². The minimum Gasteiger partial charge on any atom is -0.351 e. The first-order valence-electron chi connectivity index (χ1n) is 4.15. The molecule has 1 fully saturated rings. The first-order valence-corrected chi connectivity index (χ1v) is 4.15. The van der Waals surface area contributed by atoms with Gasteiger partial charge in [0.05, 0.1) is 6.04 Å². The molecule has 3 unspecified atom stereocenters. The van der Waals surface area contributed by atoms with Gasteiger partial charge in [-0.05, 0) is 6.92 Å². The molecule has 0 aromatic carbocycles. The molecule has 0 aliphatic heterocycles. The van der Waals surface area contributed by atoms with Gasteiger partial charge in [-0.15, -0.1) is 0 Å². The van der Waals surface area contributed by atoms with E-state index in [-0.39, 0.29) is 0 Å². The number of hydrogen-bond acceptors (Lipinski definition) is 1. The molecule has 1 saturated carbocycles. The molecule has 13 heavy (non-hydrogen) atoms. The molecule has 1 rings (SSSR count). The maximum Gasteiger partial charge on any atom is 0.263 e. The van der Waals surface area contributed by atoms with Crippen molar-refractivity contribution in [3.05, 3.63) is 0 Å². The minimum atomic E-state index is -2.90. The fourth-order valence-corrected chi connectivity index (χ4v) is 1.25. The van der Waals surface area contributed by atoms with Gasteiger partial charge in [0.25, 0.3) is 5.92 Å². The number of hydrogen-bond donors (Lipinski definition) is 1. The highest BCUT2D eigenvalue weighted by Gasteiger charge is 2.69. The van der Waals surface area contributed by atoms with E-state index in [1.807, 2.05) is 0 Å². The summed E-state index contributed by atoms with van der Waals surface area (Å²) in [6.45, 7) is 2.01. The molecule has 0 bridgehead atoms. The third-order valence-electron chi connectivity index (χ3n) is 2.32. The molecular formula is C8H12F3NO. The Morgan fingerprint density at radius 1 is 1.62 bits per heavy atom. The third-order valence-corrected chi connectivity index (χ3v) is 2.32. The topological polar surface area (TPSA) is 29.1 Å². The standard InChI is InChI=1S/C8H12F3NO/c1-4(3-9)12-7(13)6-5(2)8(6,10)11/h4-6H,3H2,1-2H3,(H,12,13). The zero-order valence-electron chi connectivity index (χ0n) is 7.48. The van der Waals surface area contributed by atoms with E-state index in [2.05, 4.69) is 5.32 Å². The van der Waals surface area contributed by atoms with Crippen LogP contribution in [0.4, 0.5) is 13.2 Å². The van der Waals surface area contributed by atoms with E-state index < -0.39 is 36.4 Å². The Morgan fingerprint density at radius 2 is 2.08 bits per heavy atom. The Kier molecular flexibility index (Phi) is 2.54. The van der Waals surface area contributed by atoms with Gasteiger partial charge in [0.2, 0.25) is 5.91 Å². The van der Waals surface area contributed by atoms with Gasteiger partial charge in [-0.2, -0.15) is 0 Å². The Hall–Kier alpha value is -0.740. The lowest BCUT2D eigenvalue weighted by Crippen LogP contribution is -2.36. The van der Waals surface area contributed by atoms with Gasteiger partial charge in [-0.3, -0.25) is 4.79 Å². The molecule has 5 heteroatoms. The molecule has 76 valence electrons. The van der Waals surface area contributed by atoms with Crippen molar-refractivity contribution in [3.8, 4) is 0 Å². The van der Waals surface area contributed by atoms with Crippen LogP contribution < -0.4 is 5.32 Å². The quantitative estimate of drug-likeness (QED) is 0.723.